The molecule has 0 radical (unpaired) electrons. The minimum atomic E-state index is 0.0166. The van der Waals surface area contributed by atoms with Gasteiger partial charge in [0.2, 0.25) is 0 Å². The van der Waals surface area contributed by atoms with E-state index in [1.807, 2.05) is 46.1 Å². The summed E-state index contributed by atoms with van der Waals surface area (Å²) in [6, 6.07) is 9.99. The third-order valence-electron chi connectivity index (χ3n) is 5.29. The Morgan fingerprint density at radius 2 is 2.00 bits per heavy atom. The standard InChI is InChI=1S/C20H27N5O2/c26-20(24-12-10-23(11-13-24)16-19-3-1-14-27-19)21-15-17-4-6-18(7-5-17)25-9-2-8-22-25/h2,4-9,19H,1,3,10-16H2,(H,21,26). The Morgan fingerprint density at radius 1 is 1.19 bits per heavy atom. The lowest BCUT2D eigenvalue weighted by atomic mass is 10.2. The van der Waals surface area contributed by atoms with Gasteiger partial charge in [-0.05, 0) is 36.6 Å². The topological polar surface area (TPSA) is 62.6 Å². The Morgan fingerprint density at radius 3 is 2.67 bits per heavy atom. The van der Waals surface area contributed by atoms with Crippen LogP contribution in [0, 0.1) is 0 Å². The van der Waals surface area contributed by atoms with Gasteiger partial charge in [-0.2, -0.15) is 5.10 Å². The first-order chi connectivity index (χ1) is 13.3. The molecule has 2 fully saturated rings. The third kappa shape index (κ3) is 4.67. The van der Waals surface area contributed by atoms with Gasteiger partial charge in [-0.3, -0.25) is 4.90 Å². The van der Waals surface area contributed by atoms with Crippen molar-refractivity contribution in [1.29, 1.82) is 0 Å². The Bertz CT molecular complexity index is 717. The van der Waals surface area contributed by atoms with Crippen molar-refractivity contribution in [2.75, 3.05) is 39.3 Å². The van der Waals surface area contributed by atoms with E-state index < -0.39 is 0 Å². The van der Waals surface area contributed by atoms with Gasteiger partial charge in [0.25, 0.3) is 0 Å². The molecule has 2 saturated heterocycles. The van der Waals surface area contributed by atoms with Crippen molar-refractivity contribution >= 4 is 6.03 Å². The van der Waals surface area contributed by atoms with E-state index in [2.05, 4.69) is 15.3 Å². The van der Waals surface area contributed by atoms with Gasteiger partial charge in [-0.25, -0.2) is 9.48 Å². The molecule has 0 aliphatic carbocycles. The van der Waals surface area contributed by atoms with Gasteiger partial charge in [0, 0.05) is 58.3 Å². The summed E-state index contributed by atoms with van der Waals surface area (Å²) in [6.45, 7) is 5.83. The zero-order valence-corrected chi connectivity index (χ0v) is 15.6. The number of hydrogen-bond acceptors (Lipinski definition) is 4. The molecule has 3 heterocycles. The summed E-state index contributed by atoms with van der Waals surface area (Å²) >= 11 is 0. The molecule has 0 saturated carbocycles. The van der Waals surface area contributed by atoms with Crippen LogP contribution in [0.4, 0.5) is 4.79 Å². The van der Waals surface area contributed by atoms with Gasteiger partial charge >= 0.3 is 6.03 Å². The number of carbonyl (C=O) groups excluding carboxylic acids is 1. The Balaban J connectivity index is 1.20. The number of benzene rings is 1. The Hall–Kier alpha value is -2.38. The second-order valence-electron chi connectivity index (χ2n) is 7.20. The molecular weight excluding hydrogens is 342 g/mol. The SMILES string of the molecule is O=C(NCc1ccc(-n2cccn2)cc1)N1CCN(CC2CCCO2)CC1. The number of piperazine rings is 1. The molecule has 1 unspecified atom stereocenters. The molecule has 7 nitrogen and oxygen atoms in total. The van der Waals surface area contributed by atoms with Crippen molar-refractivity contribution in [3.63, 3.8) is 0 Å². The molecule has 144 valence electrons. The molecular formula is C20H27N5O2. The smallest absolute Gasteiger partial charge is 0.317 e. The van der Waals surface area contributed by atoms with Gasteiger partial charge in [-0.15, -0.1) is 0 Å². The molecule has 27 heavy (non-hydrogen) atoms. The number of amides is 2. The van der Waals surface area contributed by atoms with Crippen molar-refractivity contribution in [3.05, 3.63) is 48.3 Å². The number of nitrogens with one attached hydrogen (secondary N) is 1. The van der Waals surface area contributed by atoms with E-state index in [0.717, 1.165) is 50.6 Å². The van der Waals surface area contributed by atoms with E-state index >= 15 is 0 Å². The Labute approximate surface area is 159 Å². The van der Waals surface area contributed by atoms with Crippen LogP contribution in [0.2, 0.25) is 0 Å². The van der Waals surface area contributed by atoms with E-state index in [9.17, 15) is 4.79 Å². The van der Waals surface area contributed by atoms with Crippen molar-refractivity contribution in [3.8, 4) is 5.69 Å². The average Bonchev–Trinajstić information content (AvgIpc) is 3.41. The van der Waals surface area contributed by atoms with Gasteiger partial charge in [0.05, 0.1) is 11.8 Å². The van der Waals surface area contributed by atoms with E-state index in [1.165, 1.54) is 12.8 Å². The highest BCUT2D eigenvalue weighted by molar-refractivity contribution is 5.74. The first-order valence-corrected chi connectivity index (χ1v) is 9.73. The first-order valence-electron chi connectivity index (χ1n) is 9.73. The van der Waals surface area contributed by atoms with Crippen molar-refractivity contribution in [2.24, 2.45) is 0 Å². The van der Waals surface area contributed by atoms with Crippen LogP contribution in [0.1, 0.15) is 18.4 Å². The van der Waals surface area contributed by atoms with Crippen LogP contribution in [0.15, 0.2) is 42.7 Å². The number of urea groups is 1. The second kappa shape index (κ2) is 8.54. The highest BCUT2D eigenvalue weighted by atomic mass is 16.5. The minimum Gasteiger partial charge on any atom is -0.377 e. The lowest BCUT2D eigenvalue weighted by molar-refractivity contribution is 0.0561. The maximum Gasteiger partial charge on any atom is 0.317 e. The lowest BCUT2D eigenvalue weighted by Gasteiger charge is -2.35. The molecule has 7 heteroatoms. The molecule has 0 bridgehead atoms. The maximum absolute atomic E-state index is 12.4. The molecule has 1 atom stereocenters. The predicted octanol–water partition coefficient (Wildman–Crippen LogP) is 1.88. The van der Waals surface area contributed by atoms with Crippen LogP contribution < -0.4 is 5.32 Å². The molecule has 2 aliphatic rings. The largest absolute Gasteiger partial charge is 0.377 e. The van der Waals surface area contributed by atoms with Gasteiger partial charge in [-0.1, -0.05) is 12.1 Å². The number of ether oxygens (including phenoxy) is 1. The number of carbonyl (C=O) groups is 1. The highest BCUT2D eigenvalue weighted by Crippen LogP contribution is 2.14. The highest BCUT2D eigenvalue weighted by Gasteiger charge is 2.24. The summed E-state index contributed by atoms with van der Waals surface area (Å²) in [5, 5.41) is 7.25. The van der Waals surface area contributed by atoms with Crippen molar-refractivity contribution in [1.82, 2.24) is 24.9 Å². The minimum absolute atomic E-state index is 0.0166. The summed E-state index contributed by atoms with van der Waals surface area (Å²) in [5.41, 5.74) is 2.09. The second-order valence-corrected chi connectivity index (χ2v) is 7.20. The summed E-state index contributed by atoms with van der Waals surface area (Å²) in [4.78, 5) is 16.8. The van der Waals surface area contributed by atoms with Crippen LogP contribution in [-0.4, -0.2) is 71.0 Å². The number of hydrogen-bond donors (Lipinski definition) is 1. The van der Waals surface area contributed by atoms with Gasteiger partial charge in [0.1, 0.15) is 0 Å². The number of nitrogens with zero attached hydrogens (tertiary/aromatic N) is 4. The fourth-order valence-corrected chi connectivity index (χ4v) is 3.69. The zero-order chi connectivity index (χ0) is 18.5. The fourth-order valence-electron chi connectivity index (χ4n) is 3.69. The number of rotatable bonds is 5. The van der Waals surface area contributed by atoms with Crippen LogP contribution in [-0.2, 0) is 11.3 Å². The van der Waals surface area contributed by atoms with E-state index in [4.69, 9.17) is 4.74 Å². The molecule has 1 aromatic heterocycles. The van der Waals surface area contributed by atoms with Crippen molar-refractivity contribution < 1.29 is 9.53 Å². The summed E-state index contributed by atoms with van der Waals surface area (Å²) in [7, 11) is 0. The summed E-state index contributed by atoms with van der Waals surface area (Å²) in [6.07, 6.45) is 6.40. The molecule has 0 spiro atoms. The quantitative estimate of drug-likeness (QED) is 0.874. The molecule has 2 amide bonds. The Kier molecular flexibility index (Phi) is 5.69. The summed E-state index contributed by atoms with van der Waals surface area (Å²) < 4.78 is 7.53. The predicted molar refractivity (Wildman–Crippen MR) is 103 cm³/mol. The maximum atomic E-state index is 12.4. The molecule has 2 aromatic rings. The first kappa shape index (κ1) is 18.0. The molecule has 4 rings (SSSR count). The molecule has 1 N–H and O–H groups in total. The average molecular weight is 369 g/mol. The van der Waals surface area contributed by atoms with Crippen molar-refractivity contribution in [2.45, 2.75) is 25.5 Å². The van der Waals surface area contributed by atoms with Crippen LogP contribution >= 0.6 is 0 Å². The van der Waals surface area contributed by atoms with Crippen LogP contribution in [0.5, 0.6) is 0 Å². The van der Waals surface area contributed by atoms with Crippen LogP contribution in [0.25, 0.3) is 5.69 Å². The molecule has 2 aliphatic heterocycles. The third-order valence-corrected chi connectivity index (χ3v) is 5.29. The summed E-state index contributed by atoms with van der Waals surface area (Å²) in [5.74, 6) is 0. The lowest BCUT2D eigenvalue weighted by Crippen LogP contribution is -2.52. The van der Waals surface area contributed by atoms with E-state index in [1.54, 1.807) is 6.20 Å². The normalized spacial score (nSPS) is 20.7. The van der Waals surface area contributed by atoms with Crippen LogP contribution in [0.3, 0.4) is 0 Å². The van der Waals surface area contributed by atoms with E-state index in [0.29, 0.717) is 12.6 Å². The van der Waals surface area contributed by atoms with Gasteiger partial charge in [0.15, 0.2) is 0 Å². The molecule has 1 aromatic carbocycles. The number of aromatic nitrogens is 2. The monoisotopic (exact) mass is 369 g/mol. The zero-order valence-electron chi connectivity index (χ0n) is 15.6. The fraction of sp³-hybridized carbons (Fsp3) is 0.500. The van der Waals surface area contributed by atoms with E-state index in [-0.39, 0.29) is 6.03 Å². The van der Waals surface area contributed by atoms with Gasteiger partial charge < -0.3 is 15.0 Å².